The van der Waals surface area contributed by atoms with Crippen LogP contribution in [0.25, 0.3) is 11.1 Å². The van der Waals surface area contributed by atoms with Crippen molar-refractivity contribution >= 4 is 58.1 Å². The number of benzene rings is 2. The highest BCUT2D eigenvalue weighted by atomic mass is 35.5. The van der Waals surface area contributed by atoms with Gasteiger partial charge in [0.25, 0.3) is 5.91 Å². The number of carbonyl (C=O) groups is 2. The van der Waals surface area contributed by atoms with Gasteiger partial charge in [-0.05, 0) is 29.8 Å². The third kappa shape index (κ3) is 3.46. The monoisotopic (exact) mass is 434 g/mol. The Balaban J connectivity index is 1.56. The molecule has 4 rings (SSSR count). The molecule has 28 heavy (non-hydrogen) atoms. The van der Waals surface area contributed by atoms with Crippen LogP contribution in [0.3, 0.4) is 0 Å². The lowest BCUT2D eigenvalue weighted by atomic mass is 10.1. The summed E-state index contributed by atoms with van der Waals surface area (Å²) in [6.07, 6.45) is 1.54. The van der Waals surface area contributed by atoms with Crippen LogP contribution in [0.1, 0.15) is 12.5 Å². The molecular weight excluding hydrogens is 423 g/mol. The summed E-state index contributed by atoms with van der Waals surface area (Å²) in [6, 6.07) is 11.4. The van der Waals surface area contributed by atoms with Crippen LogP contribution >= 0.6 is 34.8 Å². The van der Waals surface area contributed by atoms with E-state index < -0.39 is 6.04 Å². The molecule has 0 aliphatic carbocycles. The summed E-state index contributed by atoms with van der Waals surface area (Å²) in [4.78, 5) is 24.9. The highest BCUT2D eigenvalue weighted by Gasteiger charge is 2.35. The first-order valence-corrected chi connectivity index (χ1v) is 9.45. The van der Waals surface area contributed by atoms with Gasteiger partial charge in [-0.2, -0.15) is 5.10 Å². The fourth-order valence-electron chi connectivity index (χ4n) is 3.06. The Hall–Kier alpha value is -2.54. The molecule has 1 atom stereocenters. The minimum Gasteiger partial charge on any atom is -0.325 e. The number of nitrogens with one attached hydrogen (secondary N) is 2. The minimum atomic E-state index is -0.763. The molecule has 0 spiro atoms. The number of amides is 2. The third-order valence-electron chi connectivity index (χ3n) is 4.37. The average molecular weight is 436 g/mol. The highest BCUT2D eigenvalue weighted by Crippen LogP contribution is 2.37. The Morgan fingerprint density at radius 3 is 2.75 bits per heavy atom. The van der Waals surface area contributed by atoms with Crippen LogP contribution in [-0.2, 0) is 9.59 Å². The molecule has 3 aromatic rings. The van der Waals surface area contributed by atoms with E-state index in [0.717, 1.165) is 11.1 Å². The fourth-order valence-corrected chi connectivity index (χ4v) is 3.60. The second-order valence-corrected chi connectivity index (χ2v) is 7.44. The van der Waals surface area contributed by atoms with Crippen LogP contribution in [0.15, 0.2) is 48.7 Å². The van der Waals surface area contributed by atoms with E-state index >= 15 is 0 Å². The Morgan fingerprint density at radius 1 is 1.18 bits per heavy atom. The van der Waals surface area contributed by atoms with Gasteiger partial charge in [0.2, 0.25) is 5.91 Å². The molecule has 0 saturated heterocycles. The molecule has 9 heteroatoms. The van der Waals surface area contributed by atoms with Crippen molar-refractivity contribution in [3.8, 4) is 11.1 Å². The zero-order chi connectivity index (χ0) is 19.8. The van der Waals surface area contributed by atoms with E-state index in [0.29, 0.717) is 21.6 Å². The Bertz CT molecular complexity index is 1100. The number of halogens is 3. The molecule has 0 radical (unpaired) electrons. The number of hydrogen-bond acceptors (Lipinski definition) is 3. The Kier molecular flexibility index (Phi) is 5.02. The molecule has 6 nitrogen and oxygen atoms in total. The topological polar surface area (TPSA) is 76.0 Å². The van der Waals surface area contributed by atoms with E-state index in [9.17, 15) is 9.59 Å². The lowest BCUT2D eigenvalue weighted by molar-refractivity contribution is -0.123. The van der Waals surface area contributed by atoms with Crippen LogP contribution in [0.4, 0.5) is 11.5 Å². The van der Waals surface area contributed by atoms with Crippen molar-refractivity contribution in [3.63, 3.8) is 0 Å². The van der Waals surface area contributed by atoms with Crippen molar-refractivity contribution in [1.29, 1.82) is 0 Å². The van der Waals surface area contributed by atoms with Crippen molar-refractivity contribution in [3.05, 3.63) is 63.7 Å². The molecule has 1 aliphatic heterocycles. The van der Waals surface area contributed by atoms with E-state index in [1.165, 1.54) is 4.68 Å². The Labute approximate surface area is 175 Å². The van der Waals surface area contributed by atoms with E-state index in [2.05, 4.69) is 15.7 Å². The quantitative estimate of drug-likeness (QED) is 0.603. The maximum absolute atomic E-state index is 12.5. The van der Waals surface area contributed by atoms with Gasteiger partial charge < -0.3 is 10.6 Å². The second-order valence-electron chi connectivity index (χ2n) is 6.22. The van der Waals surface area contributed by atoms with Gasteiger partial charge in [-0.3, -0.25) is 9.59 Å². The van der Waals surface area contributed by atoms with Crippen molar-refractivity contribution < 1.29 is 9.59 Å². The van der Waals surface area contributed by atoms with Crippen molar-refractivity contribution in [2.75, 3.05) is 10.6 Å². The van der Waals surface area contributed by atoms with Crippen LogP contribution in [-0.4, -0.2) is 21.6 Å². The van der Waals surface area contributed by atoms with E-state index in [-0.39, 0.29) is 23.3 Å². The normalized spacial score (nSPS) is 15.2. The molecule has 2 aromatic carbocycles. The van der Waals surface area contributed by atoms with E-state index in [4.69, 9.17) is 34.8 Å². The summed E-state index contributed by atoms with van der Waals surface area (Å²) in [6.45, 7) is 0. The molecule has 1 aromatic heterocycles. The van der Waals surface area contributed by atoms with Gasteiger partial charge >= 0.3 is 0 Å². The van der Waals surface area contributed by atoms with Gasteiger partial charge in [-0.1, -0.05) is 53.0 Å². The van der Waals surface area contributed by atoms with Gasteiger partial charge in [0.15, 0.2) is 0 Å². The van der Waals surface area contributed by atoms with Crippen molar-refractivity contribution in [1.82, 2.24) is 9.78 Å². The van der Waals surface area contributed by atoms with E-state index in [1.807, 2.05) is 12.1 Å². The number of aromatic nitrogens is 2. The SMILES string of the molecule is O=C(CC1C(=O)Nc2c(-c3cccc(Cl)c3)cnn21)Nc1cccc(Cl)c1Cl. The number of anilines is 2. The van der Waals surface area contributed by atoms with Gasteiger partial charge in [-0.25, -0.2) is 4.68 Å². The van der Waals surface area contributed by atoms with Crippen molar-refractivity contribution in [2.24, 2.45) is 0 Å². The third-order valence-corrected chi connectivity index (χ3v) is 5.43. The van der Waals surface area contributed by atoms with Crippen LogP contribution in [0.2, 0.25) is 15.1 Å². The zero-order valence-corrected chi connectivity index (χ0v) is 16.5. The molecule has 0 fully saturated rings. The van der Waals surface area contributed by atoms with Crippen LogP contribution < -0.4 is 10.6 Å². The average Bonchev–Trinajstić information content (AvgIpc) is 3.19. The summed E-state index contributed by atoms with van der Waals surface area (Å²) < 4.78 is 1.51. The van der Waals surface area contributed by atoms with E-state index in [1.54, 1.807) is 36.5 Å². The minimum absolute atomic E-state index is 0.0989. The maximum atomic E-state index is 12.5. The number of nitrogens with zero attached hydrogens (tertiary/aromatic N) is 2. The maximum Gasteiger partial charge on any atom is 0.251 e. The lowest BCUT2D eigenvalue weighted by Gasteiger charge is -2.11. The standard InChI is InChI=1S/C19H13Cl3N4O2/c20-11-4-1-3-10(7-11)12-9-23-26-15(19(28)25-18(12)26)8-16(27)24-14-6-2-5-13(21)17(14)22/h1-7,9,15H,8H2,(H,24,27)(H,25,28). The molecule has 1 aliphatic rings. The summed E-state index contributed by atoms with van der Waals surface area (Å²) in [5.41, 5.74) is 1.94. The predicted octanol–water partition coefficient (Wildman–Crippen LogP) is 5.03. The number of rotatable bonds is 4. The number of carbonyl (C=O) groups excluding carboxylic acids is 2. The number of hydrogen-bond donors (Lipinski definition) is 2. The molecule has 0 bridgehead atoms. The first kappa shape index (κ1) is 18.8. The van der Waals surface area contributed by atoms with Gasteiger partial charge in [-0.15, -0.1) is 0 Å². The first-order chi connectivity index (χ1) is 13.4. The Morgan fingerprint density at radius 2 is 1.96 bits per heavy atom. The smallest absolute Gasteiger partial charge is 0.251 e. The molecule has 2 N–H and O–H groups in total. The fraction of sp³-hybridized carbons (Fsp3) is 0.105. The summed E-state index contributed by atoms with van der Waals surface area (Å²) >= 11 is 18.1. The molecule has 2 amide bonds. The predicted molar refractivity (Wildman–Crippen MR) is 110 cm³/mol. The molecule has 2 heterocycles. The van der Waals surface area contributed by atoms with Gasteiger partial charge in [0.1, 0.15) is 11.9 Å². The summed E-state index contributed by atoms with van der Waals surface area (Å²) in [7, 11) is 0. The number of fused-ring (bicyclic) bond motifs is 1. The van der Waals surface area contributed by atoms with Crippen LogP contribution in [0, 0.1) is 0 Å². The molecule has 142 valence electrons. The molecule has 0 saturated carbocycles. The lowest BCUT2D eigenvalue weighted by Crippen LogP contribution is -2.23. The van der Waals surface area contributed by atoms with Gasteiger partial charge in [0, 0.05) is 10.6 Å². The largest absolute Gasteiger partial charge is 0.325 e. The van der Waals surface area contributed by atoms with Crippen molar-refractivity contribution in [2.45, 2.75) is 12.5 Å². The second kappa shape index (κ2) is 7.47. The van der Waals surface area contributed by atoms with Crippen LogP contribution in [0.5, 0.6) is 0 Å². The zero-order valence-electron chi connectivity index (χ0n) is 14.2. The summed E-state index contributed by atoms with van der Waals surface area (Å²) in [5, 5.41) is 10.9. The first-order valence-electron chi connectivity index (χ1n) is 8.32. The molecule has 1 unspecified atom stereocenters. The highest BCUT2D eigenvalue weighted by molar-refractivity contribution is 6.44. The summed E-state index contributed by atoms with van der Waals surface area (Å²) in [5.74, 6) is -0.151. The van der Waals surface area contributed by atoms with Gasteiger partial charge in [0.05, 0.1) is 28.4 Å². The molecular formula is C19H13Cl3N4O2.